The number of halogens is 2. The maximum atomic E-state index is 12.0. The summed E-state index contributed by atoms with van der Waals surface area (Å²) >= 11 is 6.72. The highest BCUT2D eigenvalue weighted by Crippen LogP contribution is 2.20. The summed E-state index contributed by atoms with van der Waals surface area (Å²) in [6.45, 7) is 1.70. The second-order valence-electron chi connectivity index (χ2n) is 4.26. The molecule has 0 saturated carbocycles. The first-order chi connectivity index (χ1) is 9.70. The van der Waals surface area contributed by atoms with Gasteiger partial charge in [0.2, 0.25) is 0 Å². The molecule has 2 aromatic carbocycles. The summed E-state index contributed by atoms with van der Waals surface area (Å²) < 4.78 is 6.32. The average molecular weight is 401 g/mol. The van der Waals surface area contributed by atoms with Crippen molar-refractivity contribution in [2.24, 2.45) is 0 Å². The fourth-order valence-corrected chi connectivity index (χ4v) is 2.46. The van der Waals surface area contributed by atoms with E-state index >= 15 is 0 Å². The fraction of sp³-hybridized carbons (Fsp3) is 0.267. The van der Waals surface area contributed by atoms with Gasteiger partial charge in [-0.3, -0.25) is 4.79 Å². The third-order valence-corrected chi connectivity index (χ3v) is 3.63. The molecule has 1 N–H and O–H groups in total. The third kappa shape index (κ3) is 4.30. The summed E-state index contributed by atoms with van der Waals surface area (Å²) in [5, 5.41) is 5.81. The molecule has 0 spiro atoms. The molecule has 2 rings (SSSR count). The number of hydrogen-bond acceptors (Lipinski definition) is 2. The number of alkyl halides is 1. The summed E-state index contributed by atoms with van der Waals surface area (Å²) in [7, 11) is 0. The SMILES string of the molecule is O=C(NCCOCCBr)c1ccc2cc(Br)ccc2c1. The van der Waals surface area contributed by atoms with Crippen LogP contribution in [-0.4, -0.2) is 31.0 Å². The maximum Gasteiger partial charge on any atom is 0.251 e. The van der Waals surface area contributed by atoms with Gasteiger partial charge in [-0.05, 0) is 35.0 Å². The Bertz CT molecular complexity index is 601. The lowest BCUT2D eigenvalue weighted by atomic mass is 10.1. The molecule has 0 heterocycles. The molecule has 3 nitrogen and oxygen atoms in total. The smallest absolute Gasteiger partial charge is 0.251 e. The molecule has 0 aliphatic carbocycles. The predicted molar refractivity (Wildman–Crippen MR) is 88.6 cm³/mol. The van der Waals surface area contributed by atoms with Crippen molar-refractivity contribution < 1.29 is 9.53 Å². The van der Waals surface area contributed by atoms with Crippen LogP contribution in [0.4, 0.5) is 0 Å². The standard InChI is InChI=1S/C15H15Br2NO2/c16-5-7-20-8-6-18-15(19)13-2-1-12-10-14(17)4-3-11(12)9-13/h1-4,9-10H,5-8H2,(H,18,19). The molecule has 5 heteroatoms. The molecule has 106 valence electrons. The van der Waals surface area contributed by atoms with Crippen LogP contribution in [0.3, 0.4) is 0 Å². The molecule has 0 aliphatic rings. The summed E-state index contributed by atoms with van der Waals surface area (Å²) in [6.07, 6.45) is 0. The molecule has 0 atom stereocenters. The maximum absolute atomic E-state index is 12.0. The van der Waals surface area contributed by atoms with Gasteiger partial charge in [0.15, 0.2) is 0 Å². The fourth-order valence-electron chi connectivity index (χ4n) is 1.85. The van der Waals surface area contributed by atoms with Gasteiger partial charge >= 0.3 is 0 Å². The van der Waals surface area contributed by atoms with Gasteiger partial charge in [0.1, 0.15) is 0 Å². The second-order valence-corrected chi connectivity index (χ2v) is 5.97. The van der Waals surface area contributed by atoms with Crippen molar-refractivity contribution >= 4 is 48.5 Å². The van der Waals surface area contributed by atoms with Crippen LogP contribution in [0.15, 0.2) is 40.9 Å². The molecule has 2 aromatic rings. The van der Waals surface area contributed by atoms with E-state index in [9.17, 15) is 4.79 Å². The van der Waals surface area contributed by atoms with Gasteiger partial charge in [0.25, 0.3) is 5.91 Å². The van der Waals surface area contributed by atoms with Crippen molar-refractivity contribution in [3.8, 4) is 0 Å². The first-order valence-corrected chi connectivity index (χ1v) is 8.23. The van der Waals surface area contributed by atoms with E-state index in [1.54, 1.807) is 0 Å². The van der Waals surface area contributed by atoms with Gasteiger partial charge in [-0.15, -0.1) is 0 Å². The van der Waals surface area contributed by atoms with Crippen LogP contribution in [0.5, 0.6) is 0 Å². The number of benzene rings is 2. The van der Waals surface area contributed by atoms with E-state index in [2.05, 4.69) is 37.2 Å². The van der Waals surface area contributed by atoms with Crippen molar-refractivity contribution in [1.82, 2.24) is 5.32 Å². The molecule has 0 aliphatic heterocycles. The molecule has 20 heavy (non-hydrogen) atoms. The van der Waals surface area contributed by atoms with Crippen molar-refractivity contribution in [1.29, 1.82) is 0 Å². The Labute approximate surface area is 134 Å². The van der Waals surface area contributed by atoms with Crippen LogP contribution >= 0.6 is 31.9 Å². The Morgan fingerprint density at radius 3 is 2.65 bits per heavy atom. The van der Waals surface area contributed by atoms with E-state index < -0.39 is 0 Å². The van der Waals surface area contributed by atoms with Crippen molar-refractivity contribution in [3.05, 3.63) is 46.4 Å². The first-order valence-electron chi connectivity index (χ1n) is 6.32. The Balaban J connectivity index is 1.98. The van der Waals surface area contributed by atoms with Crippen LogP contribution in [0.1, 0.15) is 10.4 Å². The lowest BCUT2D eigenvalue weighted by Gasteiger charge is -2.07. The summed E-state index contributed by atoms with van der Waals surface area (Å²) in [6, 6.07) is 11.7. The van der Waals surface area contributed by atoms with E-state index in [0.29, 0.717) is 25.3 Å². The highest BCUT2D eigenvalue weighted by molar-refractivity contribution is 9.10. The van der Waals surface area contributed by atoms with Gasteiger partial charge in [-0.25, -0.2) is 0 Å². The minimum atomic E-state index is -0.0720. The number of hydrogen-bond donors (Lipinski definition) is 1. The Morgan fingerprint density at radius 2 is 1.85 bits per heavy atom. The highest BCUT2D eigenvalue weighted by Gasteiger charge is 2.05. The zero-order chi connectivity index (χ0) is 14.4. The largest absolute Gasteiger partial charge is 0.379 e. The quantitative estimate of drug-likeness (QED) is 0.592. The number of carbonyl (C=O) groups is 1. The van der Waals surface area contributed by atoms with Crippen LogP contribution in [0.25, 0.3) is 10.8 Å². The van der Waals surface area contributed by atoms with E-state index in [0.717, 1.165) is 20.6 Å². The number of ether oxygens (including phenoxy) is 1. The van der Waals surface area contributed by atoms with Gasteiger partial charge in [-0.1, -0.05) is 44.0 Å². The minimum absolute atomic E-state index is 0.0720. The zero-order valence-corrected chi connectivity index (χ0v) is 14.0. The van der Waals surface area contributed by atoms with Gasteiger partial charge in [0.05, 0.1) is 13.2 Å². The number of amides is 1. The summed E-state index contributed by atoms with van der Waals surface area (Å²) in [5.74, 6) is -0.0720. The molecular formula is C15H15Br2NO2. The van der Waals surface area contributed by atoms with Crippen molar-refractivity contribution in [2.45, 2.75) is 0 Å². The van der Waals surface area contributed by atoms with E-state index in [4.69, 9.17) is 4.74 Å². The van der Waals surface area contributed by atoms with Crippen molar-refractivity contribution in [3.63, 3.8) is 0 Å². The van der Waals surface area contributed by atoms with Crippen LogP contribution in [0.2, 0.25) is 0 Å². The van der Waals surface area contributed by atoms with Gasteiger partial charge in [0, 0.05) is 21.9 Å². The molecule has 0 fully saturated rings. The minimum Gasteiger partial charge on any atom is -0.379 e. The highest BCUT2D eigenvalue weighted by atomic mass is 79.9. The van der Waals surface area contributed by atoms with Crippen LogP contribution in [0, 0.1) is 0 Å². The molecule has 0 unspecified atom stereocenters. The van der Waals surface area contributed by atoms with Crippen LogP contribution in [-0.2, 0) is 4.74 Å². The van der Waals surface area contributed by atoms with Gasteiger partial charge < -0.3 is 10.1 Å². The predicted octanol–water partition coefficient (Wildman–Crippen LogP) is 3.74. The van der Waals surface area contributed by atoms with E-state index in [1.165, 1.54) is 0 Å². The summed E-state index contributed by atoms with van der Waals surface area (Å²) in [5.41, 5.74) is 0.667. The number of fused-ring (bicyclic) bond motifs is 1. The number of nitrogens with one attached hydrogen (secondary N) is 1. The lowest BCUT2D eigenvalue weighted by molar-refractivity contribution is 0.0924. The van der Waals surface area contributed by atoms with Crippen molar-refractivity contribution in [2.75, 3.05) is 25.1 Å². The average Bonchev–Trinajstić information content (AvgIpc) is 2.46. The van der Waals surface area contributed by atoms with Gasteiger partial charge in [-0.2, -0.15) is 0 Å². The number of rotatable bonds is 6. The third-order valence-electron chi connectivity index (χ3n) is 2.82. The molecule has 1 amide bonds. The Morgan fingerprint density at radius 1 is 1.10 bits per heavy atom. The lowest BCUT2D eigenvalue weighted by Crippen LogP contribution is -2.27. The molecule has 0 aromatic heterocycles. The molecular weight excluding hydrogens is 386 g/mol. The topological polar surface area (TPSA) is 38.3 Å². The van der Waals surface area contributed by atoms with Crippen LogP contribution < -0.4 is 5.32 Å². The Hall–Kier alpha value is -0.910. The Kier molecular flexibility index (Phi) is 6.01. The zero-order valence-electron chi connectivity index (χ0n) is 10.9. The molecule has 0 bridgehead atoms. The van der Waals surface area contributed by atoms with E-state index in [1.807, 2.05) is 36.4 Å². The normalized spacial score (nSPS) is 10.7. The summed E-state index contributed by atoms with van der Waals surface area (Å²) in [4.78, 5) is 12.0. The second kappa shape index (κ2) is 7.76. The number of carbonyl (C=O) groups excluding carboxylic acids is 1. The van der Waals surface area contributed by atoms with E-state index in [-0.39, 0.29) is 5.91 Å². The molecule has 0 radical (unpaired) electrons. The first kappa shape index (κ1) is 15.5. The molecule has 0 saturated heterocycles. The monoisotopic (exact) mass is 399 g/mol.